The Labute approximate surface area is 222 Å². The molecule has 0 aromatic heterocycles. The van der Waals surface area contributed by atoms with Crippen molar-refractivity contribution in [3.8, 4) is 11.5 Å². The Morgan fingerprint density at radius 2 is 1.69 bits per heavy atom. The summed E-state index contributed by atoms with van der Waals surface area (Å²) in [6.45, 7) is 5.93. The van der Waals surface area contributed by atoms with Crippen molar-refractivity contribution < 1.29 is 14.3 Å². The summed E-state index contributed by atoms with van der Waals surface area (Å²) in [5.74, 6) is 1.56. The molecule has 1 aliphatic heterocycles. The molecule has 0 N–H and O–H groups in total. The van der Waals surface area contributed by atoms with E-state index in [9.17, 15) is 4.79 Å². The molecule has 0 radical (unpaired) electrons. The van der Waals surface area contributed by atoms with Gasteiger partial charge in [0, 0.05) is 60.0 Å². The quantitative estimate of drug-likeness (QED) is 0.326. The molecule has 1 heterocycles. The fourth-order valence-corrected chi connectivity index (χ4v) is 4.70. The minimum atomic E-state index is -0.00111. The highest BCUT2D eigenvalue weighted by atomic mass is 35.5. The third kappa shape index (κ3) is 6.82. The van der Waals surface area contributed by atoms with Crippen LogP contribution in [-0.4, -0.2) is 49.0 Å². The molecule has 0 spiro atoms. The predicted molar refractivity (Wildman–Crippen MR) is 146 cm³/mol. The number of halogens is 2. The summed E-state index contributed by atoms with van der Waals surface area (Å²) in [5, 5.41) is 1.35. The second kappa shape index (κ2) is 12.3. The molecule has 1 aliphatic rings. The molecule has 0 aliphatic carbocycles. The molecular weight excluding hydrogens is 495 g/mol. The molecule has 0 unspecified atom stereocenters. The number of aryl methyl sites for hydroxylation is 1. The van der Waals surface area contributed by atoms with Crippen molar-refractivity contribution in [2.45, 2.75) is 20.1 Å². The Bertz CT molecular complexity index is 1220. The van der Waals surface area contributed by atoms with Crippen LogP contribution in [0.15, 0.2) is 66.7 Å². The number of hydrogen-bond acceptors (Lipinski definition) is 4. The summed E-state index contributed by atoms with van der Waals surface area (Å²) >= 11 is 12.6. The first-order chi connectivity index (χ1) is 17.4. The van der Waals surface area contributed by atoms with E-state index in [0.717, 1.165) is 46.8 Å². The third-order valence-electron chi connectivity index (χ3n) is 6.23. The number of hydrogen-bond donors (Lipinski definition) is 0. The van der Waals surface area contributed by atoms with Crippen molar-refractivity contribution in [3.05, 3.63) is 99.0 Å². The smallest absolute Gasteiger partial charge is 0.246 e. The van der Waals surface area contributed by atoms with Crippen LogP contribution >= 0.6 is 23.2 Å². The van der Waals surface area contributed by atoms with E-state index in [1.165, 1.54) is 0 Å². The van der Waals surface area contributed by atoms with Gasteiger partial charge < -0.3 is 14.4 Å². The maximum Gasteiger partial charge on any atom is 0.246 e. The van der Waals surface area contributed by atoms with E-state index in [0.29, 0.717) is 36.3 Å². The summed E-state index contributed by atoms with van der Waals surface area (Å²) in [6.07, 6.45) is 3.47. The normalized spacial score (nSPS) is 14.3. The van der Waals surface area contributed by atoms with E-state index in [1.54, 1.807) is 13.2 Å². The van der Waals surface area contributed by atoms with Crippen LogP contribution in [0.3, 0.4) is 0 Å². The van der Waals surface area contributed by atoms with Crippen LogP contribution in [0.4, 0.5) is 0 Å². The fourth-order valence-electron chi connectivity index (χ4n) is 4.19. The predicted octanol–water partition coefficient (Wildman–Crippen LogP) is 6.25. The molecule has 188 valence electrons. The minimum absolute atomic E-state index is 0.00111. The number of piperazine rings is 1. The summed E-state index contributed by atoms with van der Waals surface area (Å²) in [6, 6.07) is 19.3. The van der Waals surface area contributed by atoms with Crippen molar-refractivity contribution >= 4 is 35.2 Å². The minimum Gasteiger partial charge on any atom is -0.496 e. The summed E-state index contributed by atoms with van der Waals surface area (Å²) < 4.78 is 11.5. The van der Waals surface area contributed by atoms with Crippen molar-refractivity contribution in [1.82, 2.24) is 9.80 Å². The number of carbonyl (C=O) groups is 1. The Kier molecular flexibility index (Phi) is 8.92. The molecule has 36 heavy (non-hydrogen) atoms. The van der Waals surface area contributed by atoms with Crippen molar-refractivity contribution in [1.29, 1.82) is 0 Å². The molecular formula is C29H30Cl2N2O3. The van der Waals surface area contributed by atoms with Gasteiger partial charge in [-0.05, 0) is 60.5 Å². The van der Waals surface area contributed by atoms with Gasteiger partial charge in [-0.15, -0.1) is 0 Å². The van der Waals surface area contributed by atoms with Crippen LogP contribution in [-0.2, 0) is 17.9 Å². The van der Waals surface area contributed by atoms with E-state index < -0.39 is 0 Å². The topological polar surface area (TPSA) is 42.0 Å². The van der Waals surface area contributed by atoms with Gasteiger partial charge in [0.1, 0.15) is 18.1 Å². The van der Waals surface area contributed by atoms with Gasteiger partial charge in [0.15, 0.2) is 0 Å². The van der Waals surface area contributed by atoms with Crippen LogP contribution in [0.2, 0.25) is 10.0 Å². The molecule has 3 aromatic rings. The average molecular weight is 525 g/mol. The van der Waals surface area contributed by atoms with Crippen LogP contribution in [0.25, 0.3) is 6.08 Å². The highest BCUT2D eigenvalue weighted by molar-refractivity contribution is 6.35. The zero-order valence-corrected chi connectivity index (χ0v) is 22.1. The van der Waals surface area contributed by atoms with Gasteiger partial charge in [-0.1, -0.05) is 47.5 Å². The van der Waals surface area contributed by atoms with Crippen molar-refractivity contribution in [2.24, 2.45) is 0 Å². The molecule has 0 atom stereocenters. The van der Waals surface area contributed by atoms with Crippen LogP contribution in [0.1, 0.15) is 22.3 Å². The highest BCUT2D eigenvalue weighted by Crippen LogP contribution is 2.26. The first-order valence-electron chi connectivity index (χ1n) is 11.9. The van der Waals surface area contributed by atoms with E-state index in [4.69, 9.17) is 32.7 Å². The van der Waals surface area contributed by atoms with Crippen molar-refractivity contribution in [3.63, 3.8) is 0 Å². The zero-order chi connectivity index (χ0) is 25.5. The lowest BCUT2D eigenvalue weighted by atomic mass is 10.1. The van der Waals surface area contributed by atoms with Crippen LogP contribution in [0.5, 0.6) is 11.5 Å². The van der Waals surface area contributed by atoms with E-state index in [2.05, 4.69) is 4.90 Å². The second-order valence-corrected chi connectivity index (χ2v) is 9.63. The average Bonchev–Trinajstić information content (AvgIpc) is 2.88. The Morgan fingerprint density at radius 3 is 2.39 bits per heavy atom. The highest BCUT2D eigenvalue weighted by Gasteiger charge is 2.21. The number of amides is 1. The molecule has 4 rings (SSSR count). The van der Waals surface area contributed by atoms with Gasteiger partial charge in [0.05, 0.1) is 7.11 Å². The SMILES string of the molecule is COc1ccc(/C=C/C(=O)N2CCN(Cc3c(Cl)cccc3Cl)CC2)cc1COc1cccc(C)c1. The number of rotatable bonds is 8. The molecule has 0 bridgehead atoms. The number of benzene rings is 3. The Hall–Kier alpha value is -2.99. The largest absolute Gasteiger partial charge is 0.496 e. The molecule has 0 saturated carbocycles. The Balaban J connectivity index is 1.33. The van der Waals surface area contributed by atoms with Gasteiger partial charge in [-0.2, -0.15) is 0 Å². The molecule has 3 aromatic carbocycles. The summed E-state index contributed by atoms with van der Waals surface area (Å²) in [5.41, 5.74) is 3.91. The lowest BCUT2D eigenvalue weighted by Gasteiger charge is -2.34. The monoisotopic (exact) mass is 524 g/mol. The maximum atomic E-state index is 12.8. The molecule has 1 saturated heterocycles. The van der Waals surface area contributed by atoms with Gasteiger partial charge in [-0.3, -0.25) is 9.69 Å². The standard InChI is InChI=1S/C29H30Cl2N2O3/c1-21-5-3-6-24(17-21)36-20-23-18-22(9-11-28(23)35-2)10-12-29(34)33-15-13-32(14-16-33)19-25-26(30)7-4-8-27(25)31/h3-12,17-18H,13-16,19-20H2,1-2H3/b12-10+. The van der Waals surface area contributed by atoms with E-state index in [-0.39, 0.29) is 5.91 Å². The van der Waals surface area contributed by atoms with Gasteiger partial charge in [0.2, 0.25) is 5.91 Å². The first kappa shape index (κ1) is 26.1. The summed E-state index contributed by atoms with van der Waals surface area (Å²) in [4.78, 5) is 17.0. The lowest BCUT2D eigenvalue weighted by Crippen LogP contribution is -2.47. The first-order valence-corrected chi connectivity index (χ1v) is 12.7. The maximum absolute atomic E-state index is 12.8. The number of ether oxygens (including phenoxy) is 2. The Morgan fingerprint density at radius 1 is 0.972 bits per heavy atom. The van der Waals surface area contributed by atoms with Crippen LogP contribution < -0.4 is 9.47 Å². The fraction of sp³-hybridized carbons (Fsp3) is 0.276. The van der Waals surface area contributed by atoms with Gasteiger partial charge in [-0.25, -0.2) is 0 Å². The van der Waals surface area contributed by atoms with Crippen LogP contribution in [0, 0.1) is 6.92 Å². The molecule has 7 heteroatoms. The number of methoxy groups -OCH3 is 1. The number of nitrogens with zero attached hydrogens (tertiary/aromatic N) is 2. The van der Waals surface area contributed by atoms with E-state index >= 15 is 0 Å². The van der Waals surface area contributed by atoms with Gasteiger partial charge in [0.25, 0.3) is 0 Å². The summed E-state index contributed by atoms with van der Waals surface area (Å²) in [7, 11) is 1.64. The zero-order valence-electron chi connectivity index (χ0n) is 20.5. The molecule has 5 nitrogen and oxygen atoms in total. The van der Waals surface area contributed by atoms with Crippen molar-refractivity contribution in [2.75, 3.05) is 33.3 Å². The lowest BCUT2D eigenvalue weighted by molar-refractivity contribution is -0.127. The second-order valence-electron chi connectivity index (χ2n) is 8.81. The van der Waals surface area contributed by atoms with E-state index in [1.807, 2.05) is 78.6 Å². The third-order valence-corrected chi connectivity index (χ3v) is 6.94. The number of carbonyl (C=O) groups excluding carboxylic acids is 1. The molecule has 1 amide bonds. The molecule has 1 fully saturated rings. The van der Waals surface area contributed by atoms with Gasteiger partial charge >= 0.3 is 0 Å².